The van der Waals surface area contributed by atoms with Crippen LogP contribution in [0.1, 0.15) is 44.5 Å². The second kappa shape index (κ2) is 8.94. The Balaban J connectivity index is 1.69. The highest BCUT2D eigenvalue weighted by atomic mass is 32.2. The van der Waals surface area contributed by atoms with Crippen molar-refractivity contribution in [2.45, 2.75) is 51.3 Å². The zero-order valence-electron chi connectivity index (χ0n) is 20.3. The van der Waals surface area contributed by atoms with Crippen LogP contribution in [0.25, 0.3) is 16.6 Å². The number of hydrogen-bond acceptors (Lipinski definition) is 8. The van der Waals surface area contributed by atoms with Crippen molar-refractivity contribution in [1.29, 1.82) is 5.26 Å². The van der Waals surface area contributed by atoms with Crippen molar-refractivity contribution in [2.24, 2.45) is 0 Å². The fourth-order valence-electron chi connectivity index (χ4n) is 4.05. The summed E-state index contributed by atoms with van der Waals surface area (Å²) in [4.78, 5) is 14.0. The number of aromatic nitrogens is 4. The molecule has 11 nitrogen and oxygen atoms in total. The number of pyridine rings is 1. The first-order valence-corrected chi connectivity index (χ1v) is 12.5. The zero-order chi connectivity index (χ0) is 27.3. The Morgan fingerprint density at radius 1 is 1.22 bits per heavy atom. The van der Waals surface area contributed by atoms with Crippen LogP contribution in [0, 0.1) is 18.3 Å². The van der Waals surface area contributed by atoms with Gasteiger partial charge in [0.2, 0.25) is 0 Å². The van der Waals surface area contributed by atoms with Crippen LogP contribution in [0.4, 0.5) is 18.0 Å². The van der Waals surface area contributed by atoms with E-state index in [1.54, 1.807) is 43.3 Å². The molecule has 1 aliphatic rings. The van der Waals surface area contributed by atoms with Gasteiger partial charge in [-0.05, 0) is 40.2 Å². The highest BCUT2D eigenvalue weighted by Gasteiger charge is 2.49. The average Bonchev–Trinajstić information content (AvgIpc) is 3.49. The molecule has 4 heterocycles. The first kappa shape index (κ1) is 26.3. The van der Waals surface area contributed by atoms with Crippen molar-refractivity contribution in [3.8, 4) is 22.9 Å². The van der Waals surface area contributed by atoms with Gasteiger partial charge in [-0.15, -0.1) is 0 Å². The molecule has 0 radical (unpaired) electrons. The third-order valence-electron chi connectivity index (χ3n) is 5.70. The summed E-state index contributed by atoms with van der Waals surface area (Å²) < 4.78 is 75.1. The summed E-state index contributed by atoms with van der Waals surface area (Å²) >= 11 is 0. The van der Waals surface area contributed by atoms with Crippen LogP contribution in [-0.4, -0.2) is 63.0 Å². The van der Waals surface area contributed by atoms with Crippen molar-refractivity contribution in [1.82, 2.24) is 24.3 Å². The fourth-order valence-corrected chi connectivity index (χ4v) is 4.51. The number of carbonyl (C=O) groups excluding carboxylic acids is 1. The number of nitriles is 1. The molecular weight excluding hydrogens is 517 g/mol. The molecule has 1 aliphatic heterocycles. The van der Waals surface area contributed by atoms with Crippen molar-refractivity contribution in [3.05, 3.63) is 35.9 Å². The highest BCUT2D eigenvalue weighted by molar-refractivity contribution is 7.88. The zero-order valence-corrected chi connectivity index (χ0v) is 21.1. The molecule has 0 N–H and O–H groups in total. The van der Waals surface area contributed by atoms with E-state index in [0.717, 1.165) is 16.8 Å². The van der Waals surface area contributed by atoms with E-state index in [1.165, 1.54) is 12.4 Å². The van der Waals surface area contributed by atoms with Gasteiger partial charge in [0.05, 0.1) is 18.4 Å². The lowest BCUT2D eigenvalue weighted by Gasteiger charge is -2.24. The lowest BCUT2D eigenvalue weighted by atomic mass is 10.1. The van der Waals surface area contributed by atoms with E-state index in [4.69, 9.17) is 4.74 Å². The van der Waals surface area contributed by atoms with Gasteiger partial charge in [-0.25, -0.2) is 9.31 Å². The normalized spacial score (nSPS) is 16.7. The topological polar surface area (TPSA) is 132 Å². The van der Waals surface area contributed by atoms with Gasteiger partial charge >= 0.3 is 21.7 Å². The molecule has 1 atom stereocenters. The van der Waals surface area contributed by atoms with Gasteiger partial charge in [-0.2, -0.15) is 37.0 Å². The second-order valence-corrected chi connectivity index (χ2v) is 11.0. The molecule has 4 rings (SSSR count). The van der Waals surface area contributed by atoms with E-state index in [9.17, 15) is 31.6 Å². The number of nitrogens with zero attached hydrogens (tertiary/aromatic N) is 6. The quantitative estimate of drug-likeness (QED) is 0.361. The molecule has 37 heavy (non-hydrogen) atoms. The van der Waals surface area contributed by atoms with E-state index >= 15 is 0 Å². The van der Waals surface area contributed by atoms with Gasteiger partial charge in [0.1, 0.15) is 22.8 Å². The lowest BCUT2D eigenvalue weighted by Crippen LogP contribution is -2.35. The van der Waals surface area contributed by atoms with Crippen LogP contribution in [0.3, 0.4) is 0 Å². The van der Waals surface area contributed by atoms with Crippen LogP contribution in [-0.2, 0) is 14.9 Å². The molecular formula is C22H23F3N6O5S. The molecule has 0 spiro atoms. The molecule has 15 heteroatoms. The van der Waals surface area contributed by atoms with Gasteiger partial charge in [-0.3, -0.25) is 4.68 Å². The summed E-state index contributed by atoms with van der Waals surface area (Å²) in [6.45, 7) is 7.86. The van der Waals surface area contributed by atoms with E-state index in [1.807, 2.05) is 0 Å². The predicted octanol–water partition coefficient (Wildman–Crippen LogP) is 3.79. The van der Waals surface area contributed by atoms with Crippen LogP contribution in [0.2, 0.25) is 0 Å². The summed E-state index contributed by atoms with van der Waals surface area (Å²) in [5, 5.41) is 17.7. The minimum absolute atomic E-state index is 0.167. The summed E-state index contributed by atoms with van der Waals surface area (Å²) in [6, 6.07) is 2.67. The smallest absolute Gasteiger partial charge is 0.444 e. The standard InChI is InChI=1S/C22H23F3N6O5S/c1-13-17(10-28-31(13)16-5-6-29(12-16)20(32)35-21(2,3)4)14-7-18(36-37(33,34)22(23,24)25)19-15(8-26)9-27-30(19)11-14/h7,9-11,16H,5-6,12H2,1-4H3/t16-/m0/s1. The van der Waals surface area contributed by atoms with Crippen LogP contribution >= 0.6 is 0 Å². The molecule has 0 unspecified atom stereocenters. The number of ether oxygens (including phenoxy) is 1. The highest BCUT2D eigenvalue weighted by Crippen LogP contribution is 2.36. The number of amides is 1. The second-order valence-electron chi connectivity index (χ2n) is 9.50. The number of rotatable bonds is 4. The van der Waals surface area contributed by atoms with Crippen molar-refractivity contribution < 1.29 is 35.3 Å². The van der Waals surface area contributed by atoms with Crippen molar-refractivity contribution in [3.63, 3.8) is 0 Å². The third-order valence-corrected chi connectivity index (χ3v) is 6.66. The van der Waals surface area contributed by atoms with E-state index in [0.29, 0.717) is 30.8 Å². The largest absolute Gasteiger partial charge is 0.534 e. The number of carbonyl (C=O) groups is 1. The number of fused-ring (bicyclic) bond motifs is 1. The Morgan fingerprint density at radius 3 is 2.54 bits per heavy atom. The summed E-state index contributed by atoms with van der Waals surface area (Å²) in [7, 11) is -6.01. The maximum atomic E-state index is 13.0. The third kappa shape index (κ3) is 5.06. The van der Waals surface area contributed by atoms with Crippen LogP contribution < -0.4 is 4.18 Å². The lowest BCUT2D eigenvalue weighted by molar-refractivity contribution is -0.0499. The average molecular weight is 541 g/mol. The molecule has 1 fully saturated rings. The number of halogens is 3. The van der Waals surface area contributed by atoms with Gasteiger partial charge in [0, 0.05) is 36.1 Å². The fraction of sp³-hybridized carbons (Fsp3) is 0.455. The molecule has 198 valence electrons. The summed E-state index contributed by atoms with van der Waals surface area (Å²) in [6.07, 6.45) is 4.16. The van der Waals surface area contributed by atoms with Gasteiger partial charge in [-0.1, -0.05) is 0 Å². The monoisotopic (exact) mass is 540 g/mol. The van der Waals surface area contributed by atoms with Crippen molar-refractivity contribution >= 4 is 21.7 Å². The van der Waals surface area contributed by atoms with E-state index < -0.39 is 33.1 Å². The molecule has 1 amide bonds. The molecule has 1 saturated heterocycles. The van der Waals surface area contributed by atoms with Gasteiger partial charge in [0.25, 0.3) is 0 Å². The molecule has 0 saturated carbocycles. The number of hydrogen-bond donors (Lipinski definition) is 0. The Kier molecular flexibility index (Phi) is 6.35. The van der Waals surface area contributed by atoms with E-state index in [-0.39, 0.29) is 22.7 Å². The minimum Gasteiger partial charge on any atom is -0.444 e. The van der Waals surface area contributed by atoms with Gasteiger partial charge < -0.3 is 13.8 Å². The van der Waals surface area contributed by atoms with E-state index in [2.05, 4.69) is 14.4 Å². The molecule has 0 aromatic carbocycles. The first-order chi connectivity index (χ1) is 17.1. The number of likely N-dealkylation sites (tertiary alicyclic amines) is 1. The maximum Gasteiger partial charge on any atom is 0.534 e. The summed E-state index contributed by atoms with van der Waals surface area (Å²) in [5.41, 5.74) is -5.35. The summed E-state index contributed by atoms with van der Waals surface area (Å²) in [5.74, 6) is -0.701. The maximum absolute atomic E-state index is 13.0. The Morgan fingerprint density at radius 2 is 1.92 bits per heavy atom. The predicted molar refractivity (Wildman–Crippen MR) is 123 cm³/mol. The molecule has 0 aliphatic carbocycles. The number of alkyl halides is 3. The Labute approximate surface area is 210 Å². The SMILES string of the molecule is Cc1c(-c2cc(OS(=O)(=O)C(F)(F)F)c3c(C#N)cnn3c2)cnn1[C@H]1CCN(C(=O)OC(C)(C)C)C1. The first-order valence-electron chi connectivity index (χ1n) is 11.1. The molecule has 3 aromatic heterocycles. The van der Waals surface area contributed by atoms with Crippen LogP contribution in [0.15, 0.2) is 24.7 Å². The minimum atomic E-state index is -6.01. The molecule has 3 aromatic rings. The van der Waals surface area contributed by atoms with Crippen molar-refractivity contribution in [2.75, 3.05) is 13.1 Å². The van der Waals surface area contributed by atoms with Gasteiger partial charge in [0.15, 0.2) is 5.75 Å². The Hall–Kier alpha value is -3.80. The Bertz CT molecular complexity index is 1510. The van der Waals surface area contributed by atoms with Crippen LogP contribution in [0.5, 0.6) is 5.75 Å². The molecule has 0 bridgehead atoms.